The number of pyridine rings is 1. The minimum absolute atomic E-state index is 0.0292. The van der Waals surface area contributed by atoms with Gasteiger partial charge in [-0.1, -0.05) is 0 Å². The van der Waals surface area contributed by atoms with Crippen LogP contribution in [0.3, 0.4) is 0 Å². The third-order valence-electron chi connectivity index (χ3n) is 2.07. The van der Waals surface area contributed by atoms with Gasteiger partial charge in [-0.3, -0.25) is 14.6 Å². The highest BCUT2D eigenvalue weighted by Gasteiger charge is 2.28. The summed E-state index contributed by atoms with van der Waals surface area (Å²) in [6.07, 6.45) is 1.58. The predicted octanol–water partition coefficient (Wildman–Crippen LogP) is 1.65. The lowest BCUT2D eigenvalue weighted by Crippen LogP contribution is -2.28. The lowest BCUT2D eigenvalue weighted by molar-refractivity contribution is -0.158. The van der Waals surface area contributed by atoms with Gasteiger partial charge in [0, 0.05) is 22.8 Å². The number of hydrogen-bond donors (Lipinski definition) is 1. The van der Waals surface area contributed by atoms with Crippen LogP contribution >= 0.6 is 15.9 Å². The Bertz CT molecular complexity index is 404. The summed E-state index contributed by atoms with van der Waals surface area (Å²) in [5.41, 5.74) is 0.536. The summed E-state index contributed by atoms with van der Waals surface area (Å²) in [5.74, 6) is -3.14. The molecule has 1 rings (SSSR count). The number of aromatic nitrogens is 1. The first-order chi connectivity index (χ1) is 8.04. The Morgan fingerprint density at radius 2 is 2.24 bits per heavy atom. The Hall–Kier alpha value is -1.43. The topological polar surface area (TPSA) is 76.5 Å². The molecule has 1 unspecified atom stereocenters. The molecule has 0 spiro atoms. The molecule has 1 atom stereocenters. The van der Waals surface area contributed by atoms with Crippen LogP contribution in [0.15, 0.2) is 22.8 Å². The first kappa shape index (κ1) is 13.6. The fourth-order valence-electron chi connectivity index (χ4n) is 1.25. The first-order valence-electron chi connectivity index (χ1n) is 5.04. The molecule has 5 nitrogen and oxygen atoms in total. The number of hydrogen-bond acceptors (Lipinski definition) is 4. The van der Waals surface area contributed by atoms with Crippen molar-refractivity contribution in [3.63, 3.8) is 0 Å². The lowest BCUT2D eigenvalue weighted by Gasteiger charge is -2.10. The minimum atomic E-state index is -1.20. The van der Waals surface area contributed by atoms with E-state index >= 15 is 0 Å². The zero-order valence-corrected chi connectivity index (χ0v) is 10.8. The standard InChI is InChI=1S/C11H12BrNO4/c1-2-17-11(16)9(10(14)15)5-8-4-3-7(12)6-13-8/h3-4,6,9H,2,5H2,1H3,(H,14,15). The highest BCUT2D eigenvalue weighted by atomic mass is 79.9. The maximum absolute atomic E-state index is 11.4. The number of halogens is 1. The minimum Gasteiger partial charge on any atom is -0.481 e. The second kappa shape index (κ2) is 6.34. The summed E-state index contributed by atoms with van der Waals surface area (Å²) in [4.78, 5) is 26.4. The molecule has 6 heteroatoms. The van der Waals surface area contributed by atoms with Gasteiger partial charge in [-0.2, -0.15) is 0 Å². The van der Waals surface area contributed by atoms with E-state index < -0.39 is 17.9 Å². The van der Waals surface area contributed by atoms with Crippen molar-refractivity contribution in [2.24, 2.45) is 5.92 Å². The maximum atomic E-state index is 11.4. The fraction of sp³-hybridized carbons (Fsp3) is 0.364. The van der Waals surface area contributed by atoms with Crippen LogP contribution in [0.5, 0.6) is 0 Å². The lowest BCUT2D eigenvalue weighted by atomic mass is 10.0. The summed E-state index contributed by atoms with van der Waals surface area (Å²) in [5, 5.41) is 8.95. The number of rotatable bonds is 5. The van der Waals surface area contributed by atoms with Gasteiger partial charge in [-0.25, -0.2) is 0 Å². The van der Waals surface area contributed by atoms with Crippen LogP contribution in [0, 0.1) is 5.92 Å². The highest BCUT2D eigenvalue weighted by Crippen LogP contribution is 2.12. The summed E-state index contributed by atoms with van der Waals surface area (Å²) < 4.78 is 5.50. The van der Waals surface area contributed by atoms with Gasteiger partial charge in [0.2, 0.25) is 0 Å². The van der Waals surface area contributed by atoms with Crippen LogP contribution in [0.1, 0.15) is 12.6 Å². The molecule has 0 fully saturated rings. The Morgan fingerprint density at radius 3 is 2.71 bits per heavy atom. The van der Waals surface area contributed by atoms with Crippen molar-refractivity contribution in [2.45, 2.75) is 13.3 Å². The monoisotopic (exact) mass is 301 g/mol. The molecule has 0 bridgehead atoms. The second-order valence-electron chi connectivity index (χ2n) is 3.31. The average Bonchev–Trinajstić information content (AvgIpc) is 2.28. The van der Waals surface area contributed by atoms with Crippen molar-refractivity contribution in [3.8, 4) is 0 Å². The van der Waals surface area contributed by atoms with Gasteiger partial charge >= 0.3 is 11.9 Å². The van der Waals surface area contributed by atoms with Crippen molar-refractivity contribution < 1.29 is 19.4 Å². The molecule has 0 amide bonds. The van der Waals surface area contributed by atoms with Crippen molar-refractivity contribution >= 4 is 27.9 Å². The van der Waals surface area contributed by atoms with Crippen molar-refractivity contribution in [1.82, 2.24) is 4.98 Å². The molecule has 0 saturated heterocycles. The van der Waals surface area contributed by atoms with Crippen molar-refractivity contribution in [1.29, 1.82) is 0 Å². The quantitative estimate of drug-likeness (QED) is 0.661. The number of carboxylic acid groups (broad SMARTS) is 1. The van der Waals surface area contributed by atoms with Crippen LogP contribution in [-0.2, 0) is 20.7 Å². The Morgan fingerprint density at radius 1 is 1.53 bits per heavy atom. The zero-order chi connectivity index (χ0) is 12.8. The SMILES string of the molecule is CCOC(=O)C(Cc1ccc(Br)cn1)C(=O)O. The molecule has 0 aliphatic rings. The molecule has 17 heavy (non-hydrogen) atoms. The second-order valence-corrected chi connectivity index (χ2v) is 4.23. The van der Waals surface area contributed by atoms with E-state index in [0.29, 0.717) is 5.69 Å². The Labute approximate surface area is 107 Å². The van der Waals surface area contributed by atoms with E-state index in [1.165, 1.54) is 0 Å². The molecule has 1 aromatic heterocycles. The zero-order valence-electron chi connectivity index (χ0n) is 9.22. The normalized spacial score (nSPS) is 11.9. The van der Waals surface area contributed by atoms with E-state index in [0.717, 1.165) is 4.47 Å². The first-order valence-corrected chi connectivity index (χ1v) is 5.83. The molecule has 92 valence electrons. The van der Waals surface area contributed by atoms with Crippen LogP contribution in [0.4, 0.5) is 0 Å². The van der Waals surface area contributed by atoms with E-state index in [1.54, 1.807) is 25.3 Å². The molecule has 1 heterocycles. The molecule has 0 saturated carbocycles. The number of carbonyl (C=O) groups excluding carboxylic acids is 1. The highest BCUT2D eigenvalue weighted by molar-refractivity contribution is 9.10. The van der Waals surface area contributed by atoms with E-state index in [-0.39, 0.29) is 13.0 Å². The van der Waals surface area contributed by atoms with Gasteiger partial charge in [0.05, 0.1) is 6.61 Å². The van der Waals surface area contributed by atoms with Gasteiger partial charge < -0.3 is 9.84 Å². The summed E-state index contributed by atoms with van der Waals surface area (Å²) >= 11 is 3.22. The van der Waals surface area contributed by atoms with E-state index in [9.17, 15) is 9.59 Å². The van der Waals surface area contributed by atoms with Crippen LogP contribution in [0.2, 0.25) is 0 Å². The predicted molar refractivity (Wildman–Crippen MR) is 63.4 cm³/mol. The third-order valence-corrected chi connectivity index (χ3v) is 2.54. The molecule has 0 aromatic carbocycles. The third kappa shape index (κ3) is 4.14. The van der Waals surface area contributed by atoms with Gasteiger partial charge in [0.1, 0.15) is 0 Å². The van der Waals surface area contributed by atoms with Gasteiger partial charge in [0.15, 0.2) is 5.92 Å². The molecule has 0 radical (unpaired) electrons. The number of carbonyl (C=O) groups is 2. The Balaban J connectivity index is 2.76. The molecule has 0 aliphatic heterocycles. The molecular weight excluding hydrogens is 290 g/mol. The number of aliphatic carboxylic acids is 1. The van der Waals surface area contributed by atoms with Gasteiger partial charge in [-0.05, 0) is 35.0 Å². The average molecular weight is 302 g/mol. The Kier molecular flexibility index (Phi) is 5.09. The number of carboxylic acids is 1. The molecule has 1 aromatic rings. The van der Waals surface area contributed by atoms with Gasteiger partial charge in [0.25, 0.3) is 0 Å². The number of ether oxygens (including phenoxy) is 1. The van der Waals surface area contributed by atoms with Gasteiger partial charge in [-0.15, -0.1) is 0 Å². The fourth-order valence-corrected chi connectivity index (χ4v) is 1.49. The number of esters is 1. The van der Waals surface area contributed by atoms with Crippen molar-refractivity contribution in [2.75, 3.05) is 6.61 Å². The van der Waals surface area contributed by atoms with Crippen molar-refractivity contribution in [3.05, 3.63) is 28.5 Å². The smallest absolute Gasteiger partial charge is 0.320 e. The largest absolute Gasteiger partial charge is 0.481 e. The maximum Gasteiger partial charge on any atom is 0.320 e. The molecule has 0 aliphatic carbocycles. The summed E-state index contributed by atoms with van der Waals surface area (Å²) in [6.45, 7) is 1.80. The molecular formula is C11H12BrNO4. The van der Waals surface area contributed by atoms with E-state index in [1.807, 2.05) is 0 Å². The van der Waals surface area contributed by atoms with E-state index in [4.69, 9.17) is 9.84 Å². The number of nitrogens with zero attached hydrogens (tertiary/aromatic N) is 1. The van der Waals surface area contributed by atoms with Crippen LogP contribution < -0.4 is 0 Å². The summed E-state index contributed by atoms with van der Waals surface area (Å²) in [7, 11) is 0. The van der Waals surface area contributed by atoms with Crippen LogP contribution in [-0.4, -0.2) is 28.6 Å². The van der Waals surface area contributed by atoms with E-state index in [2.05, 4.69) is 20.9 Å². The summed E-state index contributed by atoms with van der Waals surface area (Å²) in [6, 6.07) is 3.41. The van der Waals surface area contributed by atoms with Crippen LogP contribution in [0.25, 0.3) is 0 Å². The molecule has 1 N–H and O–H groups in total.